The van der Waals surface area contributed by atoms with Crippen LogP contribution in [-0.2, 0) is 0 Å². The molecule has 2 aromatic heterocycles. The Labute approximate surface area is 230 Å². The molecule has 4 aromatic rings. The number of carbonyl (C=O) groups excluding carboxylic acids is 2. The number of aryl methyl sites for hydroxylation is 1. The molecular weight excluding hydrogens is 510 g/mol. The van der Waals surface area contributed by atoms with Crippen LogP contribution in [0.3, 0.4) is 0 Å². The van der Waals surface area contributed by atoms with Gasteiger partial charge in [0.05, 0.1) is 22.3 Å². The molecule has 0 spiro atoms. The van der Waals surface area contributed by atoms with Crippen molar-refractivity contribution >= 4 is 39.7 Å². The number of piperidine rings is 1. The van der Waals surface area contributed by atoms with Gasteiger partial charge in [0.1, 0.15) is 11.8 Å². The number of Topliss-reactive ketones (excluding diaryl/α,β-unsaturated/α-hetero) is 1. The molecule has 0 aliphatic carbocycles. The van der Waals surface area contributed by atoms with Gasteiger partial charge in [0, 0.05) is 28.3 Å². The highest BCUT2D eigenvalue weighted by atomic mass is 32.1. The molecule has 0 unspecified atom stereocenters. The third-order valence-corrected chi connectivity index (χ3v) is 7.83. The summed E-state index contributed by atoms with van der Waals surface area (Å²) in [6.45, 7) is 3.65. The molecule has 5 rings (SSSR count). The van der Waals surface area contributed by atoms with Crippen molar-refractivity contribution in [3.8, 4) is 16.6 Å². The summed E-state index contributed by atoms with van der Waals surface area (Å²) in [5.74, 6) is 0.296. The summed E-state index contributed by atoms with van der Waals surface area (Å²) in [6.07, 6.45) is 3.17. The van der Waals surface area contributed by atoms with Gasteiger partial charge in [0.15, 0.2) is 16.7 Å². The third-order valence-electron chi connectivity index (χ3n) is 6.84. The van der Waals surface area contributed by atoms with E-state index in [0.717, 1.165) is 25.9 Å². The number of aromatic nitrogens is 3. The van der Waals surface area contributed by atoms with Crippen LogP contribution < -0.4 is 11.1 Å². The second-order valence-electron chi connectivity index (χ2n) is 9.59. The van der Waals surface area contributed by atoms with E-state index in [2.05, 4.69) is 38.3 Å². The van der Waals surface area contributed by atoms with Crippen molar-refractivity contribution < 1.29 is 9.59 Å². The van der Waals surface area contributed by atoms with Crippen molar-refractivity contribution in [1.82, 2.24) is 19.9 Å². The number of nitrogens with zero attached hydrogens (tertiary/aromatic N) is 5. The second kappa shape index (κ2) is 11.1. The number of hydrogen-bond acceptors (Lipinski definition) is 10. The predicted molar refractivity (Wildman–Crippen MR) is 151 cm³/mol. The number of nitrogen functional groups attached to an aromatic ring is 1. The van der Waals surface area contributed by atoms with E-state index in [0.29, 0.717) is 49.3 Å². The minimum absolute atomic E-state index is 0.0350. The summed E-state index contributed by atoms with van der Waals surface area (Å²) in [7, 11) is 2.07. The molecule has 0 radical (unpaired) electrons. The molecule has 1 fully saturated rings. The zero-order valence-corrected chi connectivity index (χ0v) is 22.5. The number of hydrogen-bond donors (Lipinski definition) is 2. The van der Waals surface area contributed by atoms with Gasteiger partial charge in [-0.25, -0.2) is 15.0 Å². The van der Waals surface area contributed by atoms with Gasteiger partial charge in [-0.05, 0) is 52.0 Å². The first kappa shape index (κ1) is 26.2. The van der Waals surface area contributed by atoms with Crippen molar-refractivity contribution in [2.45, 2.75) is 19.8 Å². The number of thiazole rings is 1. The quantitative estimate of drug-likeness (QED) is 0.316. The fraction of sp³-hybridized carbons (Fsp3) is 0.241. The normalized spacial score (nSPS) is 14.1. The number of nitrogens with one attached hydrogen (secondary N) is 1. The summed E-state index contributed by atoms with van der Waals surface area (Å²) in [5.41, 5.74) is 9.53. The number of benzene rings is 2. The molecule has 0 atom stereocenters. The molecule has 9 nitrogen and oxygen atoms in total. The van der Waals surface area contributed by atoms with Crippen LogP contribution in [0.5, 0.6) is 0 Å². The van der Waals surface area contributed by atoms with Gasteiger partial charge in [0.2, 0.25) is 5.95 Å². The molecular formula is C29H27N7O2S. The maximum atomic E-state index is 13.2. The zero-order valence-electron chi connectivity index (χ0n) is 21.6. The maximum absolute atomic E-state index is 13.2. The fourth-order valence-electron chi connectivity index (χ4n) is 4.66. The first-order valence-corrected chi connectivity index (χ1v) is 13.4. The lowest BCUT2D eigenvalue weighted by Gasteiger charge is -2.28. The Bertz CT molecular complexity index is 1580. The van der Waals surface area contributed by atoms with E-state index in [-0.39, 0.29) is 23.4 Å². The van der Waals surface area contributed by atoms with Crippen LogP contribution in [0.15, 0.2) is 54.7 Å². The van der Waals surface area contributed by atoms with Crippen LogP contribution in [0, 0.1) is 24.2 Å². The largest absolute Gasteiger partial charge is 0.375 e. The Morgan fingerprint density at radius 2 is 1.79 bits per heavy atom. The second-order valence-corrected chi connectivity index (χ2v) is 10.6. The summed E-state index contributed by atoms with van der Waals surface area (Å²) in [6, 6.07) is 16.1. The molecule has 1 saturated heterocycles. The van der Waals surface area contributed by atoms with E-state index >= 15 is 0 Å². The molecule has 3 N–H and O–H groups in total. The van der Waals surface area contributed by atoms with E-state index < -0.39 is 0 Å². The minimum Gasteiger partial charge on any atom is -0.375 e. The predicted octanol–water partition coefficient (Wildman–Crippen LogP) is 4.86. The standard InChI is InChI=1S/C29H27N7O2S/c1-17-27(39-28(31)33-17)24-22(15-30)16-32-29(35-24)34-23-5-3-4-21(14-23)26(38)19-8-6-18(7-9-19)25(37)20-10-12-36(2)13-11-20/h3-9,14,16,20H,10-13H2,1-2H3,(H2,31,33)(H,32,34,35). The minimum atomic E-state index is -0.158. The Hall–Kier alpha value is -4.46. The van der Waals surface area contributed by atoms with E-state index in [1.165, 1.54) is 17.5 Å². The van der Waals surface area contributed by atoms with Crippen LogP contribution in [-0.4, -0.2) is 51.6 Å². The van der Waals surface area contributed by atoms with Crippen molar-refractivity contribution in [1.29, 1.82) is 5.26 Å². The lowest BCUT2D eigenvalue weighted by Crippen LogP contribution is -2.33. The molecule has 3 heterocycles. The molecule has 10 heteroatoms. The van der Waals surface area contributed by atoms with Gasteiger partial charge >= 0.3 is 0 Å². The van der Waals surface area contributed by atoms with Gasteiger partial charge in [-0.15, -0.1) is 0 Å². The number of rotatable bonds is 7. The van der Waals surface area contributed by atoms with Crippen LogP contribution in [0.4, 0.5) is 16.8 Å². The first-order chi connectivity index (χ1) is 18.8. The van der Waals surface area contributed by atoms with Gasteiger partial charge in [0.25, 0.3) is 0 Å². The molecule has 1 aliphatic rings. The highest BCUT2D eigenvalue weighted by Crippen LogP contribution is 2.32. The average Bonchev–Trinajstić information content (AvgIpc) is 3.30. The van der Waals surface area contributed by atoms with Crippen molar-refractivity contribution in [3.05, 3.63) is 82.7 Å². The van der Waals surface area contributed by atoms with Gasteiger partial charge < -0.3 is 16.0 Å². The van der Waals surface area contributed by atoms with Crippen LogP contribution in [0.25, 0.3) is 10.6 Å². The Balaban J connectivity index is 1.33. The zero-order chi connectivity index (χ0) is 27.5. The summed E-state index contributed by atoms with van der Waals surface area (Å²) in [5, 5.41) is 13.0. The van der Waals surface area contributed by atoms with Crippen molar-refractivity contribution in [2.24, 2.45) is 5.92 Å². The molecule has 0 saturated carbocycles. The van der Waals surface area contributed by atoms with E-state index in [1.807, 2.05) is 6.92 Å². The number of nitrogens with two attached hydrogens (primary N) is 1. The topological polar surface area (TPSA) is 138 Å². The lowest BCUT2D eigenvalue weighted by atomic mass is 9.88. The molecule has 0 amide bonds. The average molecular weight is 538 g/mol. The molecule has 196 valence electrons. The van der Waals surface area contributed by atoms with Crippen molar-refractivity contribution in [3.63, 3.8) is 0 Å². The summed E-state index contributed by atoms with van der Waals surface area (Å²) >= 11 is 1.26. The number of likely N-dealkylation sites (tertiary alicyclic amines) is 1. The van der Waals surface area contributed by atoms with Gasteiger partial charge in [-0.1, -0.05) is 47.7 Å². The molecule has 1 aliphatic heterocycles. The SMILES string of the molecule is Cc1nc(N)sc1-c1nc(Nc2cccc(C(=O)c3ccc(C(=O)C4CCN(C)CC4)cc3)c2)ncc1C#N. The maximum Gasteiger partial charge on any atom is 0.227 e. The number of anilines is 3. The van der Waals surface area contributed by atoms with E-state index in [9.17, 15) is 14.9 Å². The van der Waals surface area contributed by atoms with Crippen LogP contribution in [0.1, 0.15) is 50.4 Å². The highest BCUT2D eigenvalue weighted by Gasteiger charge is 2.24. The smallest absolute Gasteiger partial charge is 0.227 e. The monoisotopic (exact) mass is 537 g/mol. The van der Waals surface area contributed by atoms with Crippen LogP contribution in [0.2, 0.25) is 0 Å². The van der Waals surface area contributed by atoms with Crippen LogP contribution >= 0.6 is 11.3 Å². The lowest BCUT2D eigenvalue weighted by molar-refractivity contribution is 0.0856. The molecule has 39 heavy (non-hydrogen) atoms. The number of nitriles is 1. The third kappa shape index (κ3) is 5.70. The van der Waals surface area contributed by atoms with E-state index in [1.54, 1.807) is 48.5 Å². The Morgan fingerprint density at radius 1 is 1.08 bits per heavy atom. The molecule has 2 aromatic carbocycles. The van der Waals surface area contributed by atoms with Gasteiger partial charge in [-0.3, -0.25) is 9.59 Å². The fourth-order valence-corrected chi connectivity index (χ4v) is 5.50. The number of carbonyl (C=O) groups is 2. The Morgan fingerprint density at radius 3 is 2.46 bits per heavy atom. The summed E-state index contributed by atoms with van der Waals surface area (Å²) < 4.78 is 0. The molecule has 0 bridgehead atoms. The Kier molecular flexibility index (Phi) is 7.45. The van der Waals surface area contributed by atoms with Crippen molar-refractivity contribution in [2.75, 3.05) is 31.2 Å². The highest BCUT2D eigenvalue weighted by molar-refractivity contribution is 7.18. The van der Waals surface area contributed by atoms with Gasteiger partial charge in [-0.2, -0.15) is 5.26 Å². The van der Waals surface area contributed by atoms with E-state index in [4.69, 9.17) is 5.73 Å². The summed E-state index contributed by atoms with van der Waals surface area (Å²) in [4.78, 5) is 42.1. The number of ketones is 2. The first-order valence-electron chi connectivity index (χ1n) is 12.6.